The molecule has 0 radical (unpaired) electrons. The Labute approximate surface area is 336 Å². The number of hydrogen-bond acceptors (Lipinski definition) is 10. The summed E-state index contributed by atoms with van der Waals surface area (Å²) >= 11 is 0. The Morgan fingerprint density at radius 1 is 0.621 bits per heavy atom. The van der Waals surface area contributed by atoms with Crippen LogP contribution in [0.5, 0.6) is 0 Å². The number of imidazole rings is 2. The van der Waals surface area contributed by atoms with Gasteiger partial charge in [0.15, 0.2) is 0 Å². The number of hydrogen-bond donors (Lipinski definition) is 4. The molecule has 304 valence electrons. The summed E-state index contributed by atoms with van der Waals surface area (Å²) in [6, 6.07) is 10.2. The first-order valence-corrected chi connectivity index (χ1v) is 19.7. The fourth-order valence-corrected chi connectivity index (χ4v) is 7.84. The summed E-state index contributed by atoms with van der Waals surface area (Å²) in [5, 5.41) is 5.38. The average molecular weight is 791 g/mol. The van der Waals surface area contributed by atoms with Gasteiger partial charge in [0.1, 0.15) is 23.7 Å². The number of alkyl carbamates (subject to hydrolysis) is 2. The van der Waals surface area contributed by atoms with E-state index < -0.39 is 24.3 Å². The topological polar surface area (TPSA) is 200 Å². The van der Waals surface area contributed by atoms with Crippen LogP contribution in [-0.4, -0.2) is 103 Å². The van der Waals surface area contributed by atoms with E-state index in [9.17, 15) is 19.2 Å². The number of nitrogens with zero attached hydrogens (tertiary/aromatic N) is 6. The Hall–Kier alpha value is -6.32. The third kappa shape index (κ3) is 8.22. The number of aromatic nitrogens is 6. The minimum atomic E-state index is -0.706. The molecule has 4 N–H and O–H groups in total. The molecule has 6 heterocycles. The van der Waals surface area contributed by atoms with E-state index in [-0.39, 0.29) is 35.7 Å². The Morgan fingerprint density at radius 3 is 1.52 bits per heavy atom. The lowest BCUT2D eigenvalue weighted by Gasteiger charge is -2.30. The van der Waals surface area contributed by atoms with E-state index in [1.54, 1.807) is 28.4 Å². The normalized spacial score (nSPS) is 17.8. The fourth-order valence-electron chi connectivity index (χ4n) is 7.84. The van der Waals surface area contributed by atoms with Gasteiger partial charge in [-0.3, -0.25) is 19.6 Å². The molecular formula is C42H50N10O6. The van der Waals surface area contributed by atoms with Gasteiger partial charge in [-0.2, -0.15) is 0 Å². The molecule has 2 fully saturated rings. The number of fused-ring (bicyclic) bond motifs is 1. The van der Waals surface area contributed by atoms with Gasteiger partial charge in [-0.1, -0.05) is 52.0 Å². The summed E-state index contributed by atoms with van der Waals surface area (Å²) in [5.41, 5.74) is 6.74. The molecule has 0 bridgehead atoms. The van der Waals surface area contributed by atoms with Crippen molar-refractivity contribution >= 4 is 35.0 Å². The van der Waals surface area contributed by atoms with Gasteiger partial charge in [0.05, 0.1) is 61.1 Å². The Balaban J connectivity index is 1.02. The van der Waals surface area contributed by atoms with Gasteiger partial charge < -0.3 is 39.9 Å². The number of benzene rings is 1. The molecule has 0 spiro atoms. The first-order chi connectivity index (χ1) is 27.9. The number of aromatic amines is 2. The van der Waals surface area contributed by atoms with Crippen LogP contribution in [0, 0.1) is 11.8 Å². The number of ether oxygens (including phenoxy) is 2. The highest BCUT2D eigenvalue weighted by atomic mass is 16.5. The lowest BCUT2D eigenvalue weighted by Crippen LogP contribution is -2.51. The number of amides is 4. The van der Waals surface area contributed by atoms with Crippen molar-refractivity contribution in [1.82, 2.24) is 50.3 Å². The van der Waals surface area contributed by atoms with Gasteiger partial charge in [0.2, 0.25) is 11.8 Å². The zero-order valence-corrected chi connectivity index (χ0v) is 33.6. The van der Waals surface area contributed by atoms with E-state index in [0.29, 0.717) is 24.7 Å². The van der Waals surface area contributed by atoms with Crippen molar-refractivity contribution in [2.75, 3.05) is 27.3 Å². The largest absolute Gasteiger partial charge is 0.453 e. The van der Waals surface area contributed by atoms with Gasteiger partial charge in [-0.25, -0.2) is 19.6 Å². The van der Waals surface area contributed by atoms with Crippen molar-refractivity contribution in [2.45, 2.75) is 77.5 Å². The summed E-state index contributed by atoms with van der Waals surface area (Å²) in [7, 11) is 2.57. The predicted octanol–water partition coefficient (Wildman–Crippen LogP) is 6.17. The molecule has 0 aliphatic carbocycles. The first-order valence-electron chi connectivity index (χ1n) is 19.7. The van der Waals surface area contributed by atoms with Gasteiger partial charge in [-0.15, -0.1) is 0 Å². The van der Waals surface area contributed by atoms with Crippen LogP contribution in [0.4, 0.5) is 9.59 Å². The van der Waals surface area contributed by atoms with Crippen LogP contribution >= 0.6 is 0 Å². The maximum absolute atomic E-state index is 13.6. The first kappa shape index (κ1) is 39.9. The molecule has 16 heteroatoms. The van der Waals surface area contributed by atoms with Crippen LogP contribution in [0.3, 0.4) is 0 Å². The lowest BCUT2D eigenvalue weighted by atomic mass is 10.0. The summed E-state index contributed by atoms with van der Waals surface area (Å²) in [6.45, 7) is 8.73. The van der Waals surface area contributed by atoms with E-state index in [0.717, 1.165) is 70.4 Å². The molecule has 5 aromatic rings. The van der Waals surface area contributed by atoms with Crippen LogP contribution < -0.4 is 10.6 Å². The third-order valence-electron chi connectivity index (χ3n) is 11.0. The monoisotopic (exact) mass is 790 g/mol. The molecule has 1 unspecified atom stereocenters. The van der Waals surface area contributed by atoms with E-state index in [2.05, 4.69) is 30.6 Å². The molecule has 4 aromatic heterocycles. The van der Waals surface area contributed by atoms with Gasteiger partial charge in [-0.05, 0) is 60.8 Å². The Bertz CT molecular complexity index is 2290. The molecule has 7 rings (SSSR count). The van der Waals surface area contributed by atoms with Crippen LogP contribution in [0.2, 0.25) is 0 Å². The number of H-pyrrole nitrogens is 2. The van der Waals surface area contributed by atoms with Crippen LogP contribution in [0.15, 0.2) is 61.2 Å². The zero-order valence-electron chi connectivity index (χ0n) is 33.6. The molecule has 4 amide bonds. The summed E-state index contributed by atoms with van der Waals surface area (Å²) in [4.78, 5) is 80.3. The van der Waals surface area contributed by atoms with Crippen molar-refractivity contribution in [3.05, 3.63) is 72.8 Å². The number of methoxy groups -OCH3 is 2. The smallest absolute Gasteiger partial charge is 0.407 e. The molecular weight excluding hydrogens is 741 g/mol. The fraction of sp³-hybridized carbons (Fsp3) is 0.429. The number of carbonyl (C=O) groups excluding carboxylic acids is 4. The van der Waals surface area contributed by atoms with Gasteiger partial charge >= 0.3 is 12.2 Å². The van der Waals surface area contributed by atoms with Gasteiger partial charge in [0.25, 0.3) is 0 Å². The predicted molar refractivity (Wildman–Crippen MR) is 216 cm³/mol. The summed E-state index contributed by atoms with van der Waals surface area (Å²) < 4.78 is 9.51. The molecule has 2 aliphatic heterocycles. The number of carbonyl (C=O) groups is 4. The number of rotatable bonds is 11. The Kier molecular flexibility index (Phi) is 11.7. The zero-order chi connectivity index (χ0) is 41.1. The third-order valence-corrected chi connectivity index (χ3v) is 11.0. The second-order valence-corrected chi connectivity index (χ2v) is 15.5. The maximum atomic E-state index is 13.6. The van der Waals surface area contributed by atoms with Crippen molar-refractivity contribution in [2.24, 2.45) is 11.8 Å². The molecule has 2 saturated heterocycles. The second-order valence-electron chi connectivity index (χ2n) is 15.5. The standard InChI is InChI=1S/C42H50N10O6/c1-23(2)35(49-41(55)57-5)39(53)51-15-7-9-33(51)37-45-21-31(47-37)26-13-11-25(12-14-26)27-17-29-30(43-19-27)18-28(20-44-29)32-22-46-38(48-32)34-10-8-16-52(34)40(54)36(24(3)4)50-42(56)58-6/h11-14,17-24,33-36H,7-10,15-16H2,1-6H3,(H,45,47)(H,46,48)(H,49,55)(H,50,56)/t33?,34-,35-,36-/m0/s1. The number of likely N-dealkylation sites (tertiary alicyclic amines) is 2. The Morgan fingerprint density at radius 2 is 1.05 bits per heavy atom. The number of nitrogens with one attached hydrogen (secondary N) is 4. The van der Waals surface area contributed by atoms with Crippen molar-refractivity contribution in [3.8, 4) is 33.6 Å². The van der Waals surface area contributed by atoms with E-state index >= 15 is 0 Å². The maximum Gasteiger partial charge on any atom is 0.407 e. The van der Waals surface area contributed by atoms with Gasteiger partial charge in [0, 0.05) is 36.6 Å². The average Bonchev–Trinajstić information content (AvgIpc) is 4.07. The molecule has 16 nitrogen and oxygen atoms in total. The number of pyridine rings is 2. The summed E-state index contributed by atoms with van der Waals surface area (Å²) in [6.07, 6.45) is 9.08. The van der Waals surface area contributed by atoms with Crippen molar-refractivity contribution in [3.63, 3.8) is 0 Å². The molecule has 4 atom stereocenters. The van der Waals surface area contributed by atoms with E-state index in [1.807, 2.05) is 70.3 Å². The highest BCUT2D eigenvalue weighted by Gasteiger charge is 2.39. The molecule has 58 heavy (non-hydrogen) atoms. The SMILES string of the molecule is COC(=O)N[C@H](C(=O)N1CCCC1c1ncc(-c2ccc(-c3cnc4cc(-c5cnc([C@@H]6CCCN6C(=O)[C@@H](NC(=O)OC)C(C)C)[nH]5)cnc4c3)cc2)[nH]1)C(C)C. The van der Waals surface area contributed by atoms with Crippen molar-refractivity contribution < 1.29 is 28.7 Å². The second kappa shape index (κ2) is 17.0. The van der Waals surface area contributed by atoms with E-state index in [1.165, 1.54) is 14.2 Å². The molecule has 1 aromatic carbocycles. The summed E-state index contributed by atoms with van der Waals surface area (Å²) in [5.74, 6) is 0.849. The molecule has 2 aliphatic rings. The van der Waals surface area contributed by atoms with Crippen LogP contribution in [0.1, 0.15) is 77.1 Å². The van der Waals surface area contributed by atoms with Crippen LogP contribution in [0.25, 0.3) is 44.7 Å². The highest BCUT2D eigenvalue weighted by molar-refractivity contribution is 5.87. The highest BCUT2D eigenvalue weighted by Crippen LogP contribution is 2.35. The quantitative estimate of drug-likeness (QED) is 0.120. The molecule has 0 saturated carbocycles. The lowest BCUT2D eigenvalue weighted by molar-refractivity contribution is -0.136. The minimum absolute atomic E-state index is 0.112. The van der Waals surface area contributed by atoms with Crippen LogP contribution in [-0.2, 0) is 19.1 Å². The minimum Gasteiger partial charge on any atom is -0.453 e. The van der Waals surface area contributed by atoms with Crippen molar-refractivity contribution in [1.29, 1.82) is 0 Å². The van der Waals surface area contributed by atoms with E-state index in [4.69, 9.17) is 19.4 Å².